The molecular formula is C11H16N2S. The third kappa shape index (κ3) is 1.69. The first-order valence-electron chi connectivity index (χ1n) is 5.07. The van der Waals surface area contributed by atoms with Crippen LogP contribution in [0.25, 0.3) is 0 Å². The summed E-state index contributed by atoms with van der Waals surface area (Å²) >= 11 is 1.85. The van der Waals surface area contributed by atoms with Crippen LogP contribution in [0.5, 0.6) is 0 Å². The Bertz CT molecular complexity index is 341. The normalized spacial score (nSPS) is 15.8. The average Bonchev–Trinajstić information content (AvgIpc) is 2.62. The van der Waals surface area contributed by atoms with Crippen LogP contribution < -0.4 is 0 Å². The zero-order valence-corrected chi connectivity index (χ0v) is 9.53. The minimum absolute atomic E-state index is 0.343. The molecule has 2 heterocycles. The largest absolute Gasteiger partial charge is 0.356 e. The van der Waals surface area contributed by atoms with Crippen LogP contribution >= 0.6 is 11.3 Å². The second-order valence-electron chi connectivity index (χ2n) is 4.08. The van der Waals surface area contributed by atoms with Gasteiger partial charge in [-0.25, -0.2) is 0 Å². The van der Waals surface area contributed by atoms with Crippen LogP contribution in [-0.2, 0) is 13.0 Å². The molecule has 1 aromatic heterocycles. The lowest BCUT2D eigenvalue weighted by Crippen LogP contribution is -2.37. The molecule has 1 aliphatic heterocycles. The van der Waals surface area contributed by atoms with Crippen molar-refractivity contribution in [2.24, 2.45) is 5.92 Å². The van der Waals surface area contributed by atoms with Crippen molar-refractivity contribution >= 4 is 17.2 Å². The molecule has 0 saturated heterocycles. The number of amidine groups is 1. The Morgan fingerprint density at radius 2 is 2.36 bits per heavy atom. The molecule has 0 atom stereocenters. The summed E-state index contributed by atoms with van der Waals surface area (Å²) in [4.78, 5) is 3.71. The van der Waals surface area contributed by atoms with Crippen LogP contribution in [0.1, 0.15) is 24.3 Å². The molecule has 76 valence electrons. The van der Waals surface area contributed by atoms with Gasteiger partial charge in [-0.1, -0.05) is 13.8 Å². The molecule has 0 spiro atoms. The van der Waals surface area contributed by atoms with E-state index in [-0.39, 0.29) is 0 Å². The molecule has 14 heavy (non-hydrogen) atoms. The summed E-state index contributed by atoms with van der Waals surface area (Å²) in [5.74, 6) is 1.12. The number of nitrogens with zero attached hydrogens (tertiary/aromatic N) is 1. The number of fused-ring (bicyclic) bond motifs is 1. The van der Waals surface area contributed by atoms with E-state index in [9.17, 15) is 0 Å². The Morgan fingerprint density at radius 3 is 3.07 bits per heavy atom. The first-order chi connectivity index (χ1) is 6.68. The third-order valence-electron chi connectivity index (χ3n) is 2.70. The fraction of sp³-hybridized carbons (Fsp3) is 0.545. The highest BCUT2D eigenvalue weighted by Crippen LogP contribution is 2.24. The van der Waals surface area contributed by atoms with Crippen molar-refractivity contribution in [1.82, 2.24) is 4.90 Å². The minimum atomic E-state index is 0.343. The standard InChI is InChI=1S/C11H16N2S/c1-8(2)11(12)13-5-3-10-9(7-13)4-6-14-10/h4,6,8,12H,3,5,7H2,1-2H3. The summed E-state index contributed by atoms with van der Waals surface area (Å²) in [6.07, 6.45) is 1.11. The van der Waals surface area contributed by atoms with Crippen LogP contribution in [0.15, 0.2) is 11.4 Å². The van der Waals surface area contributed by atoms with Crippen LogP contribution in [-0.4, -0.2) is 17.3 Å². The van der Waals surface area contributed by atoms with Crippen molar-refractivity contribution in [3.05, 3.63) is 21.9 Å². The van der Waals surface area contributed by atoms with Gasteiger partial charge < -0.3 is 4.90 Å². The van der Waals surface area contributed by atoms with E-state index in [4.69, 9.17) is 5.41 Å². The minimum Gasteiger partial charge on any atom is -0.356 e. The number of hydrogen-bond acceptors (Lipinski definition) is 2. The first-order valence-corrected chi connectivity index (χ1v) is 5.95. The van der Waals surface area contributed by atoms with Crippen molar-refractivity contribution in [2.45, 2.75) is 26.8 Å². The van der Waals surface area contributed by atoms with Crippen LogP contribution in [0.3, 0.4) is 0 Å². The second-order valence-corrected chi connectivity index (χ2v) is 5.08. The van der Waals surface area contributed by atoms with Gasteiger partial charge in [-0.2, -0.15) is 0 Å². The van der Waals surface area contributed by atoms with Gasteiger partial charge in [-0.05, 0) is 23.4 Å². The summed E-state index contributed by atoms with van der Waals surface area (Å²) in [7, 11) is 0. The Hall–Kier alpha value is -0.830. The molecule has 0 unspecified atom stereocenters. The van der Waals surface area contributed by atoms with Crippen molar-refractivity contribution in [3.8, 4) is 0 Å². The first kappa shape index (κ1) is 9.71. The van der Waals surface area contributed by atoms with E-state index in [1.165, 1.54) is 10.4 Å². The van der Waals surface area contributed by atoms with Gasteiger partial charge in [-0.15, -0.1) is 11.3 Å². The van der Waals surface area contributed by atoms with E-state index in [2.05, 4.69) is 30.2 Å². The summed E-state index contributed by atoms with van der Waals surface area (Å²) < 4.78 is 0. The lowest BCUT2D eigenvalue weighted by atomic mass is 10.1. The van der Waals surface area contributed by atoms with Gasteiger partial charge in [0, 0.05) is 23.9 Å². The molecule has 2 rings (SSSR count). The zero-order chi connectivity index (χ0) is 10.1. The molecule has 0 aliphatic carbocycles. The van der Waals surface area contributed by atoms with Gasteiger partial charge in [0.2, 0.25) is 0 Å². The third-order valence-corrected chi connectivity index (χ3v) is 3.72. The average molecular weight is 208 g/mol. The van der Waals surface area contributed by atoms with Crippen molar-refractivity contribution in [2.75, 3.05) is 6.54 Å². The fourth-order valence-electron chi connectivity index (χ4n) is 1.82. The van der Waals surface area contributed by atoms with Crippen molar-refractivity contribution < 1.29 is 0 Å². The summed E-state index contributed by atoms with van der Waals surface area (Å²) in [6.45, 7) is 6.14. The van der Waals surface area contributed by atoms with E-state index < -0.39 is 0 Å². The summed E-state index contributed by atoms with van der Waals surface area (Å²) in [5.41, 5.74) is 1.42. The Balaban J connectivity index is 2.11. The molecule has 0 radical (unpaired) electrons. The van der Waals surface area contributed by atoms with Crippen LogP contribution in [0.2, 0.25) is 0 Å². The lowest BCUT2D eigenvalue weighted by molar-refractivity contribution is 0.376. The molecule has 1 N–H and O–H groups in total. The highest BCUT2D eigenvalue weighted by molar-refractivity contribution is 7.10. The van der Waals surface area contributed by atoms with Gasteiger partial charge in [0.05, 0.1) is 5.84 Å². The number of thiophene rings is 1. The van der Waals surface area contributed by atoms with Crippen molar-refractivity contribution in [3.63, 3.8) is 0 Å². The van der Waals surface area contributed by atoms with E-state index in [1.54, 1.807) is 0 Å². The molecule has 2 nitrogen and oxygen atoms in total. The monoisotopic (exact) mass is 208 g/mol. The maximum atomic E-state index is 7.96. The van der Waals surface area contributed by atoms with Crippen LogP contribution in [0, 0.1) is 11.3 Å². The molecule has 1 aliphatic rings. The van der Waals surface area contributed by atoms with E-state index in [1.807, 2.05) is 11.3 Å². The van der Waals surface area contributed by atoms with Crippen LogP contribution in [0.4, 0.5) is 0 Å². The molecule has 0 bridgehead atoms. The number of rotatable bonds is 1. The van der Waals surface area contributed by atoms with Gasteiger partial charge in [-0.3, -0.25) is 5.41 Å². The SMILES string of the molecule is CC(C)C(=N)N1CCc2sccc2C1. The van der Waals surface area contributed by atoms with E-state index in [0.717, 1.165) is 25.3 Å². The zero-order valence-electron chi connectivity index (χ0n) is 8.71. The number of hydrogen-bond donors (Lipinski definition) is 1. The second kappa shape index (κ2) is 3.73. The predicted octanol–water partition coefficient (Wildman–Crippen LogP) is 2.74. The van der Waals surface area contributed by atoms with Gasteiger partial charge >= 0.3 is 0 Å². The molecule has 0 fully saturated rings. The fourth-order valence-corrected chi connectivity index (χ4v) is 2.71. The Morgan fingerprint density at radius 1 is 1.57 bits per heavy atom. The van der Waals surface area contributed by atoms with Gasteiger partial charge in [0.15, 0.2) is 0 Å². The quantitative estimate of drug-likeness (QED) is 0.557. The molecule has 1 aromatic rings. The summed E-state index contributed by atoms with van der Waals surface area (Å²) in [5, 5.41) is 10.1. The van der Waals surface area contributed by atoms with Crippen molar-refractivity contribution in [1.29, 1.82) is 5.41 Å². The lowest BCUT2D eigenvalue weighted by Gasteiger charge is -2.30. The van der Waals surface area contributed by atoms with Gasteiger partial charge in [0.1, 0.15) is 0 Å². The molecule has 3 heteroatoms. The smallest absolute Gasteiger partial charge is 0.0987 e. The summed E-state index contributed by atoms with van der Waals surface area (Å²) in [6, 6.07) is 2.19. The topological polar surface area (TPSA) is 27.1 Å². The maximum absolute atomic E-state index is 7.96. The highest BCUT2D eigenvalue weighted by Gasteiger charge is 2.20. The predicted molar refractivity (Wildman–Crippen MR) is 61.0 cm³/mol. The molecule has 0 amide bonds. The Labute approximate surface area is 89.1 Å². The highest BCUT2D eigenvalue weighted by atomic mass is 32.1. The van der Waals surface area contributed by atoms with Gasteiger partial charge in [0.25, 0.3) is 0 Å². The Kier molecular flexibility index (Phi) is 2.59. The maximum Gasteiger partial charge on any atom is 0.0987 e. The van der Waals surface area contributed by atoms with E-state index in [0.29, 0.717) is 5.92 Å². The van der Waals surface area contributed by atoms with E-state index >= 15 is 0 Å². The molecular weight excluding hydrogens is 192 g/mol. The molecule has 0 aromatic carbocycles. The molecule has 0 saturated carbocycles. The number of nitrogens with one attached hydrogen (secondary N) is 1.